The summed E-state index contributed by atoms with van der Waals surface area (Å²) in [6.07, 6.45) is 6.35. The molecule has 0 spiro atoms. The number of hydrogen-bond acceptors (Lipinski definition) is 3. The first-order chi connectivity index (χ1) is 9.86. The molecule has 2 heterocycles. The van der Waals surface area contributed by atoms with Gasteiger partial charge in [0.05, 0.1) is 0 Å². The van der Waals surface area contributed by atoms with E-state index in [4.69, 9.17) is 9.47 Å². The summed E-state index contributed by atoms with van der Waals surface area (Å²) in [4.78, 5) is 2.72. The summed E-state index contributed by atoms with van der Waals surface area (Å²) in [5.41, 5.74) is 2.91. The second kappa shape index (κ2) is 6.05. The lowest BCUT2D eigenvalue weighted by Crippen LogP contribution is -2.49. The zero-order chi connectivity index (χ0) is 13.5. The standard InChI is InChI=1S/C17H23NO2.ClH/c1-2-7-18-8-3-4-13-9-14-12(10-15(13)18)5-6-16-17(14)20-11-19-16;/h5-6,13,15H,2-4,7-11H2,1H3;1H/t13-,15-;/m1./s1. The fourth-order valence-electron chi connectivity index (χ4n) is 4.29. The quantitative estimate of drug-likeness (QED) is 0.835. The van der Waals surface area contributed by atoms with E-state index >= 15 is 0 Å². The lowest BCUT2D eigenvalue weighted by molar-refractivity contribution is 0.0847. The van der Waals surface area contributed by atoms with E-state index in [2.05, 4.69) is 24.0 Å². The zero-order valence-corrected chi connectivity index (χ0v) is 13.5. The van der Waals surface area contributed by atoms with Crippen molar-refractivity contribution in [2.45, 2.75) is 45.1 Å². The van der Waals surface area contributed by atoms with Gasteiger partial charge < -0.3 is 9.47 Å². The predicted molar refractivity (Wildman–Crippen MR) is 85.6 cm³/mol. The van der Waals surface area contributed by atoms with Crippen molar-refractivity contribution in [2.75, 3.05) is 19.9 Å². The fraction of sp³-hybridized carbons (Fsp3) is 0.647. The Bertz CT molecular complexity index is 518. The van der Waals surface area contributed by atoms with Crippen molar-refractivity contribution in [1.82, 2.24) is 4.90 Å². The van der Waals surface area contributed by atoms with Crippen molar-refractivity contribution >= 4 is 12.4 Å². The van der Waals surface area contributed by atoms with E-state index in [-0.39, 0.29) is 12.4 Å². The lowest BCUT2D eigenvalue weighted by Gasteiger charge is -2.44. The van der Waals surface area contributed by atoms with Gasteiger partial charge in [0.2, 0.25) is 6.79 Å². The van der Waals surface area contributed by atoms with Crippen molar-refractivity contribution in [2.24, 2.45) is 5.92 Å². The molecule has 0 unspecified atom stereocenters. The third-order valence-electron chi connectivity index (χ3n) is 5.18. The van der Waals surface area contributed by atoms with Gasteiger partial charge in [-0.3, -0.25) is 4.90 Å². The Kier molecular flexibility index (Phi) is 4.32. The number of likely N-dealkylation sites (tertiary alicyclic amines) is 1. The van der Waals surface area contributed by atoms with Crippen molar-refractivity contribution < 1.29 is 9.47 Å². The predicted octanol–water partition coefficient (Wildman–Crippen LogP) is 3.43. The van der Waals surface area contributed by atoms with Gasteiger partial charge in [-0.15, -0.1) is 12.4 Å². The second-order valence-corrected chi connectivity index (χ2v) is 6.35. The van der Waals surface area contributed by atoms with E-state index in [1.807, 2.05) is 0 Å². The first kappa shape index (κ1) is 15.0. The number of hydrogen-bond donors (Lipinski definition) is 0. The van der Waals surface area contributed by atoms with Crippen LogP contribution >= 0.6 is 12.4 Å². The molecule has 3 nitrogen and oxygen atoms in total. The molecule has 0 amide bonds. The molecule has 1 aromatic rings. The van der Waals surface area contributed by atoms with Gasteiger partial charge in [-0.1, -0.05) is 13.0 Å². The molecule has 0 radical (unpaired) electrons. The highest BCUT2D eigenvalue weighted by atomic mass is 35.5. The Morgan fingerprint density at radius 2 is 2.14 bits per heavy atom. The Labute approximate surface area is 133 Å². The van der Waals surface area contributed by atoms with Gasteiger partial charge in [0, 0.05) is 11.6 Å². The largest absolute Gasteiger partial charge is 0.454 e. The molecule has 0 bridgehead atoms. The average Bonchev–Trinajstić information content (AvgIpc) is 2.95. The molecule has 4 heteroatoms. The van der Waals surface area contributed by atoms with Crippen molar-refractivity contribution in [3.05, 3.63) is 23.3 Å². The number of halogens is 1. The zero-order valence-electron chi connectivity index (χ0n) is 12.6. The topological polar surface area (TPSA) is 21.7 Å². The summed E-state index contributed by atoms with van der Waals surface area (Å²) in [5.74, 6) is 2.79. The normalized spacial score (nSPS) is 26.7. The molecule has 4 rings (SSSR count). The van der Waals surface area contributed by atoms with Crippen LogP contribution in [-0.4, -0.2) is 30.8 Å². The van der Waals surface area contributed by atoms with Gasteiger partial charge >= 0.3 is 0 Å². The first-order valence-electron chi connectivity index (χ1n) is 8.01. The lowest BCUT2D eigenvalue weighted by atomic mass is 9.75. The summed E-state index contributed by atoms with van der Waals surface area (Å²) >= 11 is 0. The molecule has 0 N–H and O–H groups in total. The molecule has 2 aliphatic heterocycles. The number of ether oxygens (including phenoxy) is 2. The summed E-state index contributed by atoms with van der Waals surface area (Å²) in [5, 5.41) is 0. The molecule has 116 valence electrons. The summed E-state index contributed by atoms with van der Waals surface area (Å²) < 4.78 is 11.2. The molecule has 0 aromatic heterocycles. The average molecular weight is 310 g/mol. The van der Waals surface area contributed by atoms with Gasteiger partial charge in [0.1, 0.15) is 0 Å². The van der Waals surface area contributed by atoms with Gasteiger partial charge in [0.15, 0.2) is 11.5 Å². The SMILES string of the molecule is CCCN1CCC[C@@H]2Cc3c(ccc4c3OCO4)C[C@H]21.Cl. The van der Waals surface area contributed by atoms with E-state index < -0.39 is 0 Å². The molecule has 1 aliphatic carbocycles. The first-order valence-corrected chi connectivity index (χ1v) is 8.01. The van der Waals surface area contributed by atoms with Crippen LogP contribution in [0.15, 0.2) is 12.1 Å². The molecule has 1 saturated heterocycles. The third-order valence-corrected chi connectivity index (χ3v) is 5.18. The fourth-order valence-corrected chi connectivity index (χ4v) is 4.29. The highest BCUT2D eigenvalue weighted by molar-refractivity contribution is 5.85. The highest BCUT2D eigenvalue weighted by Crippen LogP contribution is 2.44. The van der Waals surface area contributed by atoms with Crippen LogP contribution in [-0.2, 0) is 12.8 Å². The molecule has 0 saturated carbocycles. The number of rotatable bonds is 2. The van der Waals surface area contributed by atoms with E-state index in [9.17, 15) is 0 Å². The number of piperidine rings is 1. The van der Waals surface area contributed by atoms with Crippen LogP contribution in [0.4, 0.5) is 0 Å². The minimum Gasteiger partial charge on any atom is -0.454 e. The van der Waals surface area contributed by atoms with Crippen LogP contribution in [0.5, 0.6) is 11.5 Å². The summed E-state index contributed by atoms with van der Waals surface area (Å²) in [7, 11) is 0. The third kappa shape index (κ3) is 2.51. The second-order valence-electron chi connectivity index (χ2n) is 6.35. The molecule has 1 fully saturated rings. The summed E-state index contributed by atoms with van der Waals surface area (Å²) in [6.45, 7) is 5.22. The Balaban J connectivity index is 0.00000132. The van der Waals surface area contributed by atoms with Gasteiger partial charge in [0.25, 0.3) is 0 Å². The molecule has 3 aliphatic rings. The van der Waals surface area contributed by atoms with Gasteiger partial charge in [-0.2, -0.15) is 0 Å². The Hall–Kier alpha value is -0.930. The van der Waals surface area contributed by atoms with E-state index in [0.717, 1.165) is 23.5 Å². The minimum absolute atomic E-state index is 0. The molecular formula is C17H24ClNO2. The van der Waals surface area contributed by atoms with Crippen LogP contribution in [0, 0.1) is 5.92 Å². The van der Waals surface area contributed by atoms with Gasteiger partial charge in [-0.25, -0.2) is 0 Å². The number of fused-ring (bicyclic) bond motifs is 4. The maximum Gasteiger partial charge on any atom is 0.231 e. The maximum atomic E-state index is 5.72. The van der Waals surface area contributed by atoms with Crippen molar-refractivity contribution in [3.8, 4) is 11.5 Å². The molecule has 2 atom stereocenters. The summed E-state index contributed by atoms with van der Waals surface area (Å²) in [6, 6.07) is 5.10. The van der Waals surface area contributed by atoms with Crippen molar-refractivity contribution in [3.63, 3.8) is 0 Å². The molecule has 1 aromatic carbocycles. The smallest absolute Gasteiger partial charge is 0.231 e. The van der Waals surface area contributed by atoms with Crippen LogP contribution in [0.2, 0.25) is 0 Å². The van der Waals surface area contributed by atoms with E-state index in [1.54, 1.807) is 0 Å². The van der Waals surface area contributed by atoms with Gasteiger partial charge in [-0.05, 0) is 62.7 Å². The van der Waals surface area contributed by atoms with Crippen LogP contribution in [0.3, 0.4) is 0 Å². The van der Waals surface area contributed by atoms with Crippen LogP contribution < -0.4 is 9.47 Å². The van der Waals surface area contributed by atoms with Crippen LogP contribution in [0.25, 0.3) is 0 Å². The van der Waals surface area contributed by atoms with E-state index in [1.165, 1.54) is 56.3 Å². The van der Waals surface area contributed by atoms with E-state index in [0.29, 0.717) is 6.79 Å². The highest BCUT2D eigenvalue weighted by Gasteiger charge is 2.37. The molecule has 21 heavy (non-hydrogen) atoms. The van der Waals surface area contributed by atoms with Crippen LogP contribution in [0.1, 0.15) is 37.3 Å². The monoisotopic (exact) mass is 309 g/mol. The van der Waals surface area contributed by atoms with Crippen molar-refractivity contribution in [1.29, 1.82) is 0 Å². The minimum atomic E-state index is 0. The molecular weight excluding hydrogens is 286 g/mol. The Morgan fingerprint density at radius 3 is 3.00 bits per heavy atom. The Morgan fingerprint density at radius 1 is 1.24 bits per heavy atom. The number of benzene rings is 1. The maximum absolute atomic E-state index is 5.72. The number of nitrogens with zero attached hydrogens (tertiary/aromatic N) is 1.